The molecular formula is C13H13N3O5. The van der Waals surface area contributed by atoms with E-state index in [9.17, 15) is 19.8 Å². The Morgan fingerprint density at radius 1 is 1.33 bits per heavy atom. The van der Waals surface area contributed by atoms with Gasteiger partial charge in [-0.3, -0.25) is 4.79 Å². The van der Waals surface area contributed by atoms with Gasteiger partial charge in [0.05, 0.1) is 11.9 Å². The molecule has 1 atom stereocenters. The van der Waals surface area contributed by atoms with Crippen LogP contribution in [0.25, 0.3) is 0 Å². The zero-order valence-corrected chi connectivity index (χ0v) is 10.8. The summed E-state index contributed by atoms with van der Waals surface area (Å²) in [6.07, 6.45) is 2.87. The van der Waals surface area contributed by atoms with E-state index in [0.29, 0.717) is 5.69 Å². The summed E-state index contributed by atoms with van der Waals surface area (Å²) < 4.78 is 0. The van der Waals surface area contributed by atoms with Gasteiger partial charge in [-0.2, -0.15) is 0 Å². The number of carboxylic acid groups (broad SMARTS) is 1. The third kappa shape index (κ3) is 3.30. The Morgan fingerprint density at radius 2 is 2.10 bits per heavy atom. The molecule has 8 heteroatoms. The number of H-pyrrole nitrogens is 1. The maximum Gasteiger partial charge on any atom is 0.326 e. The number of aromatic amines is 1. The van der Waals surface area contributed by atoms with Crippen molar-refractivity contribution < 1.29 is 24.9 Å². The third-order valence-corrected chi connectivity index (χ3v) is 2.84. The average molecular weight is 291 g/mol. The smallest absolute Gasteiger partial charge is 0.326 e. The number of nitrogens with one attached hydrogen (secondary N) is 2. The lowest BCUT2D eigenvalue weighted by molar-refractivity contribution is -0.139. The van der Waals surface area contributed by atoms with Crippen molar-refractivity contribution in [2.45, 2.75) is 12.5 Å². The summed E-state index contributed by atoms with van der Waals surface area (Å²) in [5.41, 5.74) is 0.341. The summed E-state index contributed by atoms with van der Waals surface area (Å²) in [5.74, 6) is -3.07. The molecule has 0 aliphatic carbocycles. The van der Waals surface area contributed by atoms with Gasteiger partial charge in [0.15, 0.2) is 11.5 Å². The molecule has 0 aliphatic rings. The lowest BCUT2D eigenvalue weighted by Gasteiger charge is -2.14. The highest BCUT2D eigenvalue weighted by molar-refractivity contribution is 5.99. The number of amides is 1. The molecule has 110 valence electrons. The summed E-state index contributed by atoms with van der Waals surface area (Å²) in [6, 6.07) is 2.67. The highest BCUT2D eigenvalue weighted by Crippen LogP contribution is 2.28. The van der Waals surface area contributed by atoms with Gasteiger partial charge in [0.1, 0.15) is 6.04 Å². The van der Waals surface area contributed by atoms with Crippen molar-refractivity contribution >= 4 is 11.9 Å². The molecule has 1 aromatic heterocycles. The zero-order valence-electron chi connectivity index (χ0n) is 10.8. The molecule has 0 saturated heterocycles. The van der Waals surface area contributed by atoms with Crippen LogP contribution in [0.15, 0.2) is 30.7 Å². The minimum atomic E-state index is -1.22. The number of phenols is 2. The molecule has 0 bridgehead atoms. The lowest BCUT2D eigenvalue weighted by atomic mass is 10.1. The highest BCUT2D eigenvalue weighted by atomic mass is 16.4. The van der Waals surface area contributed by atoms with Crippen molar-refractivity contribution in [1.29, 1.82) is 0 Å². The number of carboxylic acids is 1. The van der Waals surface area contributed by atoms with E-state index in [2.05, 4.69) is 15.3 Å². The SMILES string of the molecule is O=C(N[C@H](Cc1cnc[nH]1)C(=O)O)c1cccc(O)c1O. The molecule has 1 amide bonds. The van der Waals surface area contributed by atoms with Gasteiger partial charge in [-0.1, -0.05) is 6.07 Å². The number of carbonyl (C=O) groups is 2. The Kier molecular flexibility index (Phi) is 4.07. The minimum absolute atomic E-state index is 0.0145. The van der Waals surface area contributed by atoms with Crippen LogP contribution in [0.4, 0.5) is 0 Å². The van der Waals surface area contributed by atoms with Crippen molar-refractivity contribution in [2.75, 3.05) is 0 Å². The van der Waals surface area contributed by atoms with E-state index in [1.807, 2.05) is 0 Å². The monoisotopic (exact) mass is 291 g/mol. The number of aromatic hydroxyl groups is 2. The number of para-hydroxylation sites is 1. The molecule has 0 fully saturated rings. The van der Waals surface area contributed by atoms with Crippen molar-refractivity contribution in [3.05, 3.63) is 42.0 Å². The largest absolute Gasteiger partial charge is 0.504 e. The van der Waals surface area contributed by atoms with Gasteiger partial charge < -0.3 is 25.6 Å². The van der Waals surface area contributed by atoms with Gasteiger partial charge in [0.25, 0.3) is 5.91 Å². The van der Waals surface area contributed by atoms with Gasteiger partial charge in [-0.15, -0.1) is 0 Å². The number of hydrogen-bond acceptors (Lipinski definition) is 5. The molecule has 0 aliphatic heterocycles. The fourth-order valence-corrected chi connectivity index (χ4v) is 1.77. The average Bonchev–Trinajstić information content (AvgIpc) is 2.93. The maximum absolute atomic E-state index is 12.0. The molecule has 1 aromatic carbocycles. The molecule has 1 heterocycles. The number of benzene rings is 1. The maximum atomic E-state index is 12.0. The fourth-order valence-electron chi connectivity index (χ4n) is 1.77. The van der Waals surface area contributed by atoms with Crippen molar-refractivity contribution in [2.24, 2.45) is 0 Å². The van der Waals surface area contributed by atoms with Gasteiger partial charge in [0.2, 0.25) is 0 Å². The first-order valence-corrected chi connectivity index (χ1v) is 6.01. The van der Waals surface area contributed by atoms with Crippen molar-refractivity contribution in [1.82, 2.24) is 15.3 Å². The number of hydrogen-bond donors (Lipinski definition) is 5. The Bertz CT molecular complexity index is 654. The normalized spacial score (nSPS) is 11.8. The minimum Gasteiger partial charge on any atom is -0.504 e. The van der Waals surface area contributed by atoms with E-state index in [-0.39, 0.29) is 12.0 Å². The molecule has 0 unspecified atom stereocenters. The van der Waals surface area contributed by atoms with E-state index in [0.717, 1.165) is 0 Å². The van der Waals surface area contributed by atoms with Crippen LogP contribution in [0.3, 0.4) is 0 Å². The van der Waals surface area contributed by atoms with Crippen LogP contribution >= 0.6 is 0 Å². The first kappa shape index (κ1) is 14.4. The molecule has 5 N–H and O–H groups in total. The van der Waals surface area contributed by atoms with E-state index in [1.54, 1.807) is 0 Å². The number of aliphatic carboxylic acids is 1. The second-order valence-electron chi connectivity index (χ2n) is 4.32. The van der Waals surface area contributed by atoms with Crippen LogP contribution in [-0.4, -0.2) is 43.2 Å². The van der Waals surface area contributed by atoms with Gasteiger partial charge in [0, 0.05) is 18.3 Å². The number of rotatable bonds is 5. The van der Waals surface area contributed by atoms with Gasteiger partial charge >= 0.3 is 5.97 Å². The Balaban J connectivity index is 2.15. The predicted octanol–water partition coefficient (Wildman–Crippen LogP) is 0.247. The molecule has 0 spiro atoms. The van der Waals surface area contributed by atoms with Crippen LogP contribution in [0.2, 0.25) is 0 Å². The molecule has 0 radical (unpaired) electrons. The number of aromatic nitrogens is 2. The van der Waals surface area contributed by atoms with Crippen LogP contribution < -0.4 is 5.32 Å². The number of carbonyl (C=O) groups excluding carboxylic acids is 1. The summed E-state index contributed by atoms with van der Waals surface area (Å²) in [7, 11) is 0. The van der Waals surface area contributed by atoms with E-state index in [4.69, 9.17) is 5.11 Å². The fraction of sp³-hybridized carbons (Fsp3) is 0.154. The molecule has 0 saturated carbocycles. The topological polar surface area (TPSA) is 136 Å². The third-order valence-electron chi connectivity index (χ3n) is 2.84. The van der Waals surface area contributed by atoms with Crippen molar-refractivity contribution in [3.8, 4) is 11.5 Å². The Hall–Kier alpha value is -3.03. The summed E-state index contributed by atoms with van der Waals surface area (Å²) in [4.78, 5) is 29.7. The van der Waals surface area contributed by atoms with Crippen LogP contribution in [0, 0.1) is 0 Å². The number of phenolic OH excluding ortho intramolecular Hbond substituents is 2. The lowest BCUT2D eigenvalue weighted by Crippen LogP contribution is -2.42. The molecule has 21 heavy (non-hydrogen) atoms. The second-order valence-corrected chi connectivity index (χ2v) is 4.32. The van der Waals surface area contributed by atoms with Crippen LogP contribution in [-0.2, 0) is 11.2 Å². The van der Waals surface area contributed by atoms with Crippen LogP contribution in [0.5, 0.6) is 11.5 Å². The van der Waals surface area contributed by atoms with E-state index in [1.165, 1.54) is 30.7 Å². The Morgan fingerprint density at radius 3 is 2.71 bits per heavy atom. The van der Waals surface area contributed by atoms with Crippen molar-refractivity contribution in [3.63, 3.8) is 0 Å². The second kappa shape index (κ2) is 5.95. The summed E-state index contributed by atoms with van der Waals surface area (Å²) in [6.45, 7) is 0. The van der Waals surface area contributed by atoms with Crippen LogP contribution in [0.1, 0.15) is 16.1 Å². The van der Waals surface area contributed by atoms with Gasteiger partial charge in [-0.25, -0.2) is 9.78 Å². The highest BCUT2D eigenvalue weighted by Gasteiger charge is 2.23. The van der Waals surface area contributed by atoms with E-state index >= 15 is 0 Å². The first-order chi connectivity index (χ1) is 9.99. The van der Waals surface area contributed by atoms with E-state index < -0.39 is 29.4 Å². The molecule has 2 rings (SSSR count). The molecule has 2 aromatic rings. The summed E-state index contributed by atoms with van der Waals surface area (Å²) >= 11 is 0. The standard InChI is InChI=1S/C13H13N3O5/c17-10-3-1-2-8(11(10)18)12(19)16-9(13(20)21)4-7-5-14-6-15-7/h1-3,5-6,9,17-18H,4H2,(H,14,15)(H,16,19)(H,20,21)/t9-/m1/s1. The zero-order chi connectivity index (χ0) is 15.4. The Labute approximate surface area is 119 Å². The first-order valence-electron chi connectivity index (χ1n) is 6.01. The molecular weight excluding hydrogens is 278 g/mol. The molecule has 8 nitrogen and oxygen atoms in total. The predicted molar refractivity (Wildman–Crippen MR) is 71.0 cm³/mol. The van der Waals surface area contributed by atoms with Gasteiger partial charge in [-0.05, 0) is 12.1 Å². The quantitative estimate of drug-likeness (QED) is 0.501. The number of nitrogens with zero attached hydrogens (tertiary/aromatic N) is 1. The summed E-state index contributed by atoms with van der Waals surface area (Å²) in [5, 5.41) is 30.4. The number of imidazole rings is 1.